The number of methoxy groups -OCH3 is 1. The number of thioether (sulfide) groups is 1. The number of nitrogens with zero attached hydrogens (tertiary/aromatic N) is 5. The summed E-state index contributed by atoms with van der Waals surface area (Å²) < 4.78 is 12.5. The van der Waals surface area contributed by atoms with E-state index in [0.29, 0.717) is 17.5 Å². The van der Waals surface area contributed by atoms with Crippen LogP contribution >= 0.6 is 11.8 Å². The molecule has 0 aliphatic rings. The van der Waals surface area contributed by atoms with Gasteiger partial charge in [0.2, 0.25) is 5.91 Å². The van der Waals surface area contributed by atoms with Gasteiger partial charge in [-0.25, -0.2) is 0 Å². The molecule has 1 amide bonds. The number of hydrogen-bond acceptors (Lipinski definition) is 7. The molecular weight excluding hydrogens is 414 g/mol. The zero-order valence-corrected chi connectivity index (χ0v) is 18.0. The molecule has 0 N–H and O–H groups in total. The van der Waals surface area contributed by atoms with Crippen molar-refractivity contribution in [1.82, 2.24) is 24.6 Å². The minimum absolute atomic E-state index is 0.0313. The van der Waals surface area contributed by atoms with Gasteiger partial charge in [0, 0.05) is 30.7 Å². The van der Waals surface area contributed by atoms with E-state index in [-0.39, 0.29) is 11.7 Å². The molecule has 1 aromatic carbocycles. The first kappa shape index (κ1) is 20.7. The molecule has 8 nitrogen and oxygen atoms in total. The fraction of sp³-hybridized carbons (Fsp3) is 0.182. The second kappa shape index (κ2) is 9.48. The number of carbonyl (C=O) groups is 1. The average molecular weight is 436 g/mol. The first-order valence-electron chi connectivity index (χ1n) is 9.55. The maximum Gasteiger partial charge on any atom is 0.233 e. The third-order valence-corrected chi connectivity index (χ3v) is 5.54. The van der Waals surface area contributed by atoms with Crippen LogP contribution in [0.1, 0.15) is 5.76 Å². The van der Waals surface area contributed by atoms with Crippen molar-refractivity contribution in [2.24, 2.45) is 0 Å². The van der Waals surface area contributed by atoms with Crippen LogP contribution in [0.2, 0.25) is 0 Å². The molecule has 0 radical (unpaired) electrons. The minimum Gasteiger partial charge on any atom is -0.497 e. The molecule has 0 saturated carbocycles. The first-order chi connectivity index (χ1) is 15.2. The number of benzene rings is 1. The van der Waals surface area contributed by atoms with E-state index in [1.807, 2.05) is 47.0 Å². The van der Waals surface area contributed by atoms with Gasteiger partial charge in [-0.05, 0) is 48.5 Å². The Bertz CT molecular complexity index is 1130. The van der Waals surface area contributed by atoms with Crippen molar-refractivity contribution < 1.29 is 13.9 Å². The van der Waals surface area contributed by atoms with E-state index < -0.39 is 0 Å². The molecule has 31 heavy (non-hydrogen) atoms. The average Bonchev–Trinajstić information content (AvgIpc) is 3.48. The highest BCUT2D eigenvalue weighted by Crippen LogP contribution is 2.28. The van der Waals surface area contributed by atoms with Crippen molar-refractivity contribution in [3.8, 4) is 22.8 Å². The van der Waals surface area contributed by atoms with Crippen molar-refractivity contribution in [3.05, 3.63) is 72.9 Å². The van der Waals surface area contributed by atoms with Crippen LogP contribution in [-0.2, 0) is 11.3 Å². The highest BCUT2D eigenvalue weighted by atomic mass is 32.2. The molecule has 9 heteroatoms. The van der Waals surface area contributed by atoms with Gasteiger partial charge in [0.05, 0.1) is 25.7 Å². The van der Waals surface area contributed by atoms with Gasteiger partial charge in [-0.15, -0.1) is 10.2 Å². The zero-order chi connectivity index (χ0) is 21.6. The van der Waals surface area contributed by atoms with Gasteiger partial charge in [0.15, 0.2) is 11.0 Å². The van der Waals surface area contributed by atoms with E-state index in [1.165, 1.54) is 11.8 Å². The van der Waals surface area contributed by atoms with Crippen LogP contribution in [0.4, 0.5) is 0 Å². The molecule has 0 aliphatic heterocycles. The van der Waals surface area contributed by atoms with E-state index in [4.69, 9.17) is 9.15 Å². The Hall–Kier alpha value is -3.59. The summed E-state index contributed by atoms with van der Waals surface area (Å²) in [4.78, 5) is 18.3. The molecule has 0 spiro atoms. The summed E-state index contributed by atoms with van der Waals surface area (Å²) in [5.74, 6) is 2.36. The van der Waals surface area contributed by atoms with Crippen LogP contribution in [0.25, 0.3) is 17.1 Å². The number of pyridine rings is 1. The molecule has 3 aromatic heterocycles. The van der Waals surface area contributed by atoms with Crippen molar-refractivity contribution in [2.75, 3.05) is 19.9 Å². The quantitative estimate of drug-likeness (QED) is 0.390. The molecule has 4 aromatic rings. The highest BCUT2D eigenvalue weighted by Gasteiger charge is 2.19. The number of ether oxygens (including phenoxy) is 1. The Balaban J connectivity index is 1.58. The van der Waals surface area contributed by atoms with Crippen LogP contribution in [0.5, 0.6) is 5.75 Å². The summed E-state index contributed by atoms with van der Waals surface area (Å²) in [7, 11) is 3.38. The first-order valence-corrected chi connectivity index (χ1v) is 10.5. The van der Waals surface area contributed by atoms with Gasteiger partial charge in [0.25, 0.3) is 0 Å². The number of hydrogen-bond donors (Lipinski definition) is 0. The summed E-state index contributed by atoms with van der Waals surface area (Å²) >= 11 is 1.34. The number of amides is 1. The summed E-state index contributed by atoms with van der Waals surface area (Å²) in [5.41, 5.74) is 1.75. The molecule has 0 unspecified atom stereocenters. The van der Waals surface area contributed by atoms with Crippen LogP contribution in [0.3, 0.4) is 0 Å². The Labute approximate surface area is 183 Å². The Morgan fingerprint density at radius 3 is 2.58 bits per heavy atom. The zero-order valence-electron chi connectivity index (χ0n) is 17.1. The van der Waals surface area contributed by atoms with Gasteiger partial charge < -0.3 is 14.1 Å². The second-order valence-corrected chi connectivity index (χ2v) is 7.64. The Morgan fingerprint density at radius 1 is 1.13 bits per heavy atom. The molecule has 0 aliphatic carbocycles. The van der Waals surface area contributed by atoms with Crippen LogP contribution < -0.4 is 4.74 Å². The summed E-state index contributed by atoms with van der Waals surface area (Å²) in [6, 6.07) is 15.0. The maximum atomic E-state index is 12.6. The highest BCUT2D eigenvalue weighted by molar-refractivity contribution is 7.99. The van der Waals surface area contributed by atoms with Gasteiger partial charge in [-0.1, -0.05) is 11.8 Å². The van der Waals surface area contributed by atoms with Crippen LogP contribution in [0.15, 0.2) is 76.8 Å². The molecule has 0 atom stereocenters. The number of furan rings is 1. The van der Waals surface area contributed by atoms with Crippen molar-refractivity contribution in [3.63, 3.8) is 0 Å². The lowest BCUT2D eigenvalue weighted by molar-refractivity contribution is -0.127. The van der Waals surface area contributed by atoms with E-state index in [2.05, 4.69) is 15.2 Å². The summed E-state index contributed by atoms with van der Waals surface area (Å²) in [5, 5.41) is 9.36. The predicted octanol–water partition coefficient (Wildman–Crippen LogP) is 3.68. The minimum atomic E-state index is -0.0313. The van der Waals surface area contributed by atoms with Crippen molar-refractivity contribution in [1.29, 1.82) is 0 Å². The van der Waals surface area contributed by atoms with E-state index in [1.54, 1.807) is 43.8 Å². The lowest BCUT2D eigenvalue weighted by Gasteiger charge is -2.15. The maximum absolute atomic E-state index is 12.6. The fourth-order valence-corrected chi connectivity index (χ4v) is 3.87. The SMILES string of the molecule is COc1ccc(-n2c(SCC(=O)N(C)Cc3ccco3)nnc2-c2ccncc2)cc1. The second-order valence-electron chi connectivity index (χ2n) is 6.69. The molecule has 4 rings (SSSR count). The lowest BCUT2D eigenvalue weighted by Crippen LogP contribution is -2.27. The van der Waals surface area contributed by atoms with E-state index in [0.717, 1.165) is 22.8 Å². The Morgan fingerprint density at radius 2 is 1.90 bits per heavy atom. The van der Waals surface area contributed by atoms with Crippen molar-refractivity contribution in [2.45, 2.75) is 11.7 Å². The summed E-state index contributed by atoms with van der Waals surface area (Å²) in [6.45, 7) is 0.416. The standard InChI is InChI=1S/C22H21N5O3S/c1-26(14-19-4-3-13-30-19)20(28)15-31-22-25-24-21(16-9-11-23-12-10-16)27(22)17-5-7-18(29-2)8-6-17/h3-13H,14-15H2,1-2H3. The van der Waals surface area contributed by atoms with E-state index in [9.17, 15) is 4.79 Å². The molecule has 3 heterocycles. The van der Waals surface area contributed by atoms with Gasteiger partial charge in [0.1, 0.15) is 11.5 Å². The smallest absolute Gasteiger partial charge is 0.233 e. The van der Waals surface area contributed by atoms with Gasteiger partial charge in [-0.2, -0.15) is 0 Å². The molecular formula is C22H21N5O3S. The van der Waals surface area contributed by atoms with E-state index >= 15 is 0 Å². The third kappa shape index (κ3) is 4.77. The number of carbonyl (C=O) groups excluding carboxylic acids is 1. The van der Waals surface area contributed by atoms with Crippen LogP contribution in [-0.4, -0.2) is 50.5 Å². The Kier molecular flexibility index (Phi) is 6.32. The topological polar surface area (TPSA) is 86.3 Å². The molecule has 158 valence electrons. The number of rotatable bonds is 8. The third-order valence-electron chi connectivity index (χ3n) is 4.63. The number of aromatic nitrogens is 4. The summed E-state index contributed by atoms with van der Waals surface area (Å²) in [6.07, 6.45) is 5.02. The predicted molar refractivity (Wildman–Crippen MR) is 117 cm³/mol. The fourth-order valence-electron chi connectivity index (χ4n) is 2.98. The lowest BCUT2D eigenvalue weighted by atomic mass is 10.2. The molecule has 0 saturated heterocycles. The van der Waals surface area contributed by atoms with Crippen molar-refractivity contribution >= 4 is 17.7 Å². The van der Waals surface area contributed by atoms with Crippen LogP contribution in [0, 0.1) is 0 Å². The molecule has 0 fully saturated rings. The molecule has 0 bridgehead atoms. The monoisotopic (exact) mass is 435 g/mol. The normalized spacial score (nSPS) is 10.8. The largest absolute Gasteiger partial charge is 0.497 e. The van der Waals surface area contributed by atoms with Gasteiger partial charge in [-0.3, -0.25) is 14.3 Å². The van der Waals surface area contributed by atoms with Gasteiger partial charge >= 0.3 is 0 Å².